The number of thioether (sulfide) groups is 1. The molecule has 0 unspecified atom stereocenters. The summed E-state index contributed by atoms with van der Waals surface area (Å²) in [5, 5.41) is 9.77. The van der Waals surface area contributed by atoms with Gasteiger partial charge in [-0.05, 0) is 42.9 Å². The van der Waals surface area contributed by atoms with Crippen LogP contribution in [0.5, 0.6) is 0 Å². The Bertz CT molecular complexity index is 706. The Balaban J connectivity index is 0.00000338. The standard InChI is InChI=1S/C18H25FN4S2.HI/c1-4-17-23-16(12-25-17)10-22-18(20-5-2)21-9-13-6-7-15(19)8-14(13)11-24-3;/h6-8,12H,4-5,9-11H2,1-3H3,(H2,20,21,22);1H. The molecule has 0 radical (unpaired) electrons. The Morgan fingerprint density at radius 2 is 2.08 bits per heavy atom. The summed E-state index contributed by atoms with van der Waals surface area (Å²) >= 11 is 3.36. The second-order valence-corrected chi connectivity index (χ2v) is 7.29. The number of benzene rings is 1. The van der Waals surface area contributed by atoms with Crippen LogP contribution in [0.3, 0.4) is 0 Å². The summed E-state index contributed by atoms with van der Waals surface area (Å²) in [7, 11) is 0. The molecule has 1 heterocycles. The molecule has 0 saturated carbocycles. The van der Waals surface area contributed by atoms with Gasteiger partial charge in [0.05, 0.1) is 23.8 Å². The van der Waals surface area contributed by atoms with E-state index < -0.39 is 0 Å². The number of guanidine groups is 1. The normalized spacial score (nSPS) is 11.2. The predicted molar refractivity (Wildman–Crippen MR) is 122 cm³/mol. The third-order valence-corrected chi connectivity index (χ3v) is 5.20. The first-order chi connectivity index (χ1) is 12.2. The molecule has 0 fully saturated rings. The Hall–Kier alpha value is -0.870. The van der Waals surface area contributed by atoms with E-state index in [9.17, 15) is 4.39 Å². The highest BCUT2D eigenvalue weighted by atomic mass is 127. The van der Waals surface area contributed by atoms with Crippen molar-refractivity contribution in [1.82, 2.24) is 15.6 Å². The molecule has 1 aromatic carbocycles. The van der Waals surface area contributed by atoms with Gasteiger partial charge in [-0.2, -0.15) is 11.8 Å². The largest absolute Gasteiger partial charge is 0.357 e. The summed E-state index contributed by atoms with van der Waals surface area (Å²) in [4.78, 5) is 9.19. The molecular weight excluding hydrogens is 482 g/mol. The van der Waals surface area contributed by atoms with Crippen molar-refractivity contribution in [2.75, 3.05) is 12.8 Å². The Morgan fingerprint density at radius 3 is 2.73 bits per heavy atom. The first-order valence-electron chi connectivity index (χ1n) is 8.38. The minimum absolute atomic E-state index is 0. The third kappa shape index (κ3) is 7.40. The van der Waals surface area contributed by atoms with Crippen LogP contribution in [0.1, 0.15) is 35.7 Å². The summed E-state index contributed by atoms with van der Waals surface area (Å²) in [5.41, 5.74) is 3.08. The van der Waals surface area contributed by atoms with E-state index >= 15 is 0 Å². The molecule has 26 heavy (non-hydrogen) atoms. The van der Waals surface area contributed by atoms with Crippen LogP contribution in [0.25, 0.3) is 0 Å². The molecule has 2 aromatic rings. The van der Waals surface area contributed by atoms with Crippen molar-refractivity contribution >= 4 is 53.0 Å². The van der Waals surface area contributed by atoms with Crippen molar-refractivity contribution < 1.29 is 4.39 Å². The zero-order chi connectivity index (χ0) is 18.1. The lowest BCUT2D eigenvalue weighted by Crippen LogP contribution is -2.36. The molecular formula is C18H26FIN4S2. The molecule has 2 N–H and O–H groups in total. The third-order valence-electron chi connectivity index (χ3n) is 3.56. The van der Waals surface area contributed by atoms with Gasteiger partial charge >= 0.3 is 0 Å². The predicted octanol–water partition coefficient (Wildman–Crippen LogP) is 4.58. The number of thiazole rings is 1. The molecule has 2 rings (SSSR count). The lowest BCUT2D eigenvalue weighted by atomic mass is 10.1. The highest BCUT2D eigenvalue weighted by Gasteiger charge is 2.06. The maximum atomic E-state index is 13.5. The zero-order valence-corrected chi connectivity index (χ0v) is 19.3. The monoisotopic (exact) mass is 508 g/mol. The molecule has 0 saturated heterocycles. The summed E-state index contributed by atoms with van der Waals surface area (Å²) in [5.74, 6) is 1.33. The fourth-order valence-corrected chi connectivity index (χ4v) is 3.64. The highest BCUT2D eigenvalue weighted by Crippen LogP contribution is 2.17. The van der Waals surface area contributed by atoms with Crippen LogP contribution in [0.15, 0.2) is 28.6 Å². The smallest absolute Gasteiger partial charge is 0.191 e. The molecule has 1 aromatic heterocycles. The molecule has 0 aliphatic carbocycles. The van der Waals surface area contributed by atoms with Gasteiger partial charge in [-0.3, -0.25) is 0 Å². The summed E-state index contributed by atoms with van der Waals surface area (Å²) in [6.07, 6.45) is 2.98. The topological polar surface area (TPSA) is 49.3 Å². The first-order valence-corrected chi connectivity index (χ1v) is 10.6. The summed E-state index contributed by atoms with van der Waals surface area (Å²) in [6.45, 7) is 6.08. The van der Waals surface area contributed by atoms with Gasteiger partial charge < -0.3 is 10.6 Å². The van der Waals surface area contributed by atoms with Gasteiger partial charge in [0, 0.05) is 17.7 Å². The van der Waals surface area contributed by atoms with E-state index in [0.717, 1.165) is 46.5 Å². The average Bonchev–Trinajstić information content (AvgIpc) is 3.07. The van der Waals surface area contributed by atoms with E-state index in [1.807, 2.05) is 19.2 Å². The van der Waals surface area contributed by atoms with Gasteiger partial charge in [0.25, 0.3) is 0 Å². The SMILES string of the molecule is CCNC(=NCc1ccc(F)cc1CSC)NCc1csc(CC)n1.I. The molecule has 0 amide bonds. The van der Waals surface area contributed by atoms with E-state index in [4.69, 9.17) is 0 Å². The van der Waals surface area contributed by atoms with Crippen molar-refractivity contribution in [3.05, 3.63) is 51.2 Å². The lowest BCUT2D eigenvalue weighted by Gasteiger charge is -2.11. The summed E-state index contributed by atoms with van der Waals surface area (Å²) < 4.78 is 13.5. The van der Waals surface area contributed by atoms with Gasteiger partial charge in [0.1, 0.15) is 5.82 Å². The summed E-state index contributed by atoms with van der Waals surface area (Å²) in [6, 6.07) is 4.92. The Morgan fingerprint density at radius 1 is 1.27 bits per heavy atom. The van der Waals surface area contributed by atoms with Crippen molar-refractivity contribution in [3.63, 3.8) is 0 Å². The number of nitrogens with zero attached hydrogens (tertiary/aromatic N) is 2. The van der Waals surface area contributed by atoms with Gasteiger partial charge in [0.2, 0.25) is 0 Å². The van der Waals surface area contributed by atoms with Crippen molar-refractivity contribution in [1.29, 1.82) is 0 Å². The fraction of sp³-hybridized carbons (Fsp3) is 0.444. The molecule has 0 bridgehead atoms. The Labute approximate surface area is 180 Å². The fourth-order valence-electron chi connectivity index (χ4n) is 2.31. The number of aromatic nitrogens is 1. The number of aryl methyl sites for hydroxylation is 1. The lowest BCUT2D eigenvalue weighted by molar-refractivity contribution is 0.625. The number of hydrogen-bond acceptors (Lipinski definition) is 4. The molecule has 0 aliphatic rings. The Kier molecular flexibility index (Phi) is 11.1. The maximum absolute atomic E-state index is 13.5. The number of aliphatic imine (C=N–C) groups is 1. The molecule has 144 valence electrons. The van der Waals surface area contributed by atoms with Gasteiger partial charge in [-0.1, -0.05) is 13.0 Å². The van der Waals surface area contributed by atoms with E-state index in [1.165, 1.54) is 6.07 Å². The van der Waals surface area contributed by atoms with Crippen LogP contribution in [-0.2, 0) is 25.3 Å². The quantitative estimate of drug-likeness (QED) is 0.312. The second-order valence-electron chi connectivity index (χ2n) is 5.48. The van der Waals surface area contributed by atoms with Crippen LogP contribution in [0, 0.1) is 5.82 Å². The molecule has 8 heteroatoms. The minimum Gasteiger partial charge on any atom is -0.357 e. The van der Waals surface area contributed by atoms with E-state index in [-0.39, 0.29) is 29.8 Å². The van der Waals surface area contributed by atoms with Crippen molar-refractivity contribution in [3.8, 4) is 0 Å². The number of hydrogen-bond donors (Lipinski definition) is 2. The van der Waals surface area contributed by atoms with Gasteiger partial charge in [-0.25, -0.2) is 14.4 Å². The molecule has 4 nitrogen and oxygen atoms in total. The van der Waals surface area contributed by atoms with Crippen LogP contribution in [-0.4, -0.2) is 23.7 Å². The number of nitrogens with one attached hydrogen (secondary N) is 2. The number of rotatable bonds is 8. The average molecular weight is 508 g/mol. The van der Waals surface area contributed by atoms with E-state index in [1.54, 1.807) is 29.2 Å². The highest BCUT2D eigenvalue weighted by molar-refractivity contribution is 14.0. The minimum atomic E-state index is -0.197. The van der Waals surface area contributed by atoms with Crippen LogP contribution in [0.2, 0.25) is 0 Å². The van der Waals surface area contributed by atoms with Gasteiger partial charge in [0.15, 0.2) is 5.96 Å². The number of halogens is 2. The molecule has 0 spiro atoms. The maximum Gasteiger partial charge on any atom is 0.191 e. The van der Waals surface area contributed by atoms with Crippen LogP contribution < -0.4 is 10.6 Å². The zero-order valence-electron chi connectivity index (χ0n) is 15.3. The van der Waals surface area contributed by atoms with Gasteiger partial charge in [-0.15, -0.1) is 35.3 Å². The molecule has 0 atom stereocenters. The van der Waals surface area contributed by atoms with Crippen molar-refractivity contribution in [2.45, 2.75) is 39.1 Å². The first kappa shape index (κ1) is 23.2. The van der Waals surface area contributed by atoms with Crippen LogP contribution in [0.4, 0.5) is 4.39 Å². The van der Waals surface area contributed by atoms with Crippen LogP contribution >= 0.6 is 47.1 Å². The second kappa shape index (κ2) is 12.5. The van der Waals surface area contributed by atoms with E-state index in [0.29, 0.717) is 13.1 Å². The molecule has 0 aliphatic heterocycles. The van der Waals surface area contributed by atoms with E-state index in [2.05, 4.69) is 32.9 Å². The van der Waals surface area contributed by atoms with Crippen molar-refractivity contribution in [2.24, 2.45) is 4.99 Å².